The van der Waals surface area contributed by atoms with Crippen LogP contribution in [0.1, 0.15) is 24.8 Å². The highest BCUT2D eigenvalue weighted by Gasteiger charge is 2.10. The first-order chi connectivity index (χ1) is 9.12. The van der Waals surface area contributed by atoms with Crippen molar-refractivity contribution in [2.45, 2.75) is 26.2 Å². The van der Waals surface area contributed by atoms with Crippen molar-refractivity contribution in [2.75, 3.05) is 24.9 Å². The Labute approximate surface area is 122 Å². The first-order valence-corrected chi connectivity index (χ1v) is 7.33. The lowest BCUT2D eigenvalue weighted by molar-refractivity contribution is -0.116. The normalized spacial score (nSPS) is 10.1. The van der Waals surface area contributed by atoms with E-state index in [4.69, 9.17) is 9.47 Å². The van der Waals surface area contributed by atoms with E-state index in [0.717, 1.165) is 29.4 Å². The van der Waals surface area contributed by atoms with Gasteiger partial charge in [0, 0.05) is 23.5 Å². The second-order valence-corrected chi connectivity index (χ2v) is 5.01. The molecule has 0 radical (unpaired) electrons. The number of alkyl halides is 1. The lowest BCUT2D eigenvalue weighted by Crippen LogP contribution is -2.12. The van der Waals surface area contributed by atoms with Gasteiger partial charge in [-0.05, 0) is 31.4 Å². The highest BCUT2D eigenvalue weighted by molar-refractivity contribution is 9.09. The SMILES string of the molecule is COc1cc(C)c(NC(=O)CCCCBr)cc1OC. The van der Waals surface area contributed by atoms with Crippen LogP contribution in [-0.4, -0.2) is 25.5 Å². The number of nitrogens with one attached hydrogen (secondary N) is 1. The number of anilines is 1. The number of ether oxygens (including phenoxy) is 2. The molecule has 0 aromatic heterocycles. The van der Waals surface area contributed by atoms with Crippen molar-refractivity contribution in [3.8, 4) is 11.5 Å². The largest absolute Gasteiger partial charge is 0.493 e. The van der Waals surface area contributed by atoms with Crippen molar-refractivity contribution >= 4 is 27.5 Å². The summed E-state index contributed by atoms with van der Waals surface area (Å²) in [5.41, 5.74) is 1.72. The number of rotatable bonds is 7. The molecular formula is C14H20BrNO3. The Bertz CT molecular complexity index is 435. The van der Waals surface area contributed by atoms with E-state index in [1.807, 2.05) is 13.0 Å². The van der Waals surface area contributed by atoms with Crippen molar-refractivity contribution in [2.24, 2.45) is 0 Å². The molecule has 0 unspecified atom stereocenters. The van der Waals surface area contributed by atoms with Crippen LogP contribution in [0, 0.1) is 6.92 Å². The van der Waals surface area contributed by atoms with E-state index in [1.54, 1.807) is 20.3 Å². The molecule has 5 heteroatoms. The van der Waals surface area contributed by atoms with Gasteiger partial charge in [-0.15, -0.1) is 0 Å². The van der Waals surface area contributed by atoms with Gasteiger partial charge in [0.25, 0.3) is 0 Å². The van der Waals surface area contributed by atoms with Crippen molar-refractivity contribution in [1.82, 2.24) is 0 Å². The monoisotopic (exact) mass is 329 g/mol. The summed E-state index contributed by atoms with van der Waals surface area (Å²) in [4.78, 5) is 11.8. The molecule has 1 aromatic carbocycles. The van der Waals surface area contributed by atoms with Gasteiger partial charge in [-0.3, -0.25) is 4.79 Å². The number of aryl methyl sites for hydroxylation is 1. The Morgan fingerprint density at radius 2 is 1.84 bits per heavy atom. The second kappa shape index (κ2) is 8.04. The fourth-order valence-corrected chi connectivity index (χ4v) is 2.10. The molecule has 0 saturated heterocycles. The summed E-state index contributed by atoms with van der Waals surface area (Å²) in [5.74, 6) is 1.30. The van der Waals surface area contributed by atoms with Crippen molar-refractivity contribution in [3.63, 3.8) is 0 Å². The van der Waals surface area contributed by atoms with Gasteiger partial charge in [0.2, 0.25) is 5.91 Å². The molecule has 0 aliphatic carbocycles. The third kappa shape index (κ3) is 4.74. The van der Waals surface area contributed by atoms with Gasteiger partial charge in [0.05, 0.1) is 14.2 Å². The summed E-state index contributed by atoms with van der Waals surface area (Å²) >= 11 is 3.35. The Hall–Kier alpha value is -1.23. The number of methoxy groups -OCH3 is 2. The van der Waals surface area contributed by atoms with Crippen LogP contribution in [0.15, 0.2) is 12.1 Å². The summed E-state index contributed by atoms with van der Waals surface area (Å²) in [6.07, 6.45) is 2.40. The number of benzene rings is 1. The van der Waals surface area contributed by atoms with Crippen LogP contribution in [0.25, 0.3) is 0 Å². The molecule has 0 heterocycles. The summed E-state index contributed by atoms with van der Waals surface area (Å²) in [5, 5.41) is 3.83. The molecule has 0 aliphatic heterocycles. The zero-order valence-corrected chi connectivity index (χ0v) is 13.2. The number of carbonyl (C=O) groups is 1. The first kappa shape index (κ1) is 15.8. The molecule has 4 nitrogen and oxygen atoms in total. The molecule has 1 rings (SSSR count). The molecule has 0 atom stereocenters. The van der Waals surface area contributed by atoms with Crippen LogP contribution in [0.2, 0.25) is 0 Å². The molecule has 106 valence electrons. The van der Waals surface area contributed by atoms with Gasteiger partial charge in [-0.1, -0.05) is 15.9 Å². The topological polar surface area (TPSA) is 47.6 Å². The van der Waals surface area contributed by atoms with E-state index >= 15 is 0 Å². The van der Waals surface area contributed by atoms with Crippen LogP contribution in [0.3, 0.4) is 0 Å². The van der Waals surface area contributed by atoms with Gasteiger partial charge in [-0.25, -0.2) is 0 Å². The predicted octanol–water partition coefficient (Wildman–Crippen LogP) is 3.52. The van der Waals surface area contributed by atoms with E-state index < -0.39 is 0 Å². The van der Waals surface area contributed by atoms with E-state index in [2.05, 4.69) is 21.2 Å². The quantitative estimate of drug-likeness (QED) is 0.615. The van der Waals surface area contributed by atoms with Gasteiger partial charge >= 0.3 is 0 Å². The Balaban J connectivity index is 2.75. The predicted molar refractivity (Wildman–Crippen MR) is 80.6 cm³/mol. The lowest BCUT2D eigenvalue weighted by Gasteiger charge is -2.13. The molecule has 0 aliphatic rings. The molecule has 0 spiro atoms. The maximum atomic E-state index is 11.8. The number of unbranched alkanes of at least 4 members (excludes halogenated alkanes) is 1. The van der Waals surface area contributed by atoms with E-state index in [0.29, 0.717) is 17.9 Å². The smallest absolute Gasteiger partial charge is 0.224 e. The highest BCUT2D eigenvalue weighted by Crippen LogP contribution is 2.32. The molecule has 0 bridgehead atoms. The van der Waals surface area contributed by atoms with E-state index in [1.165, 1.54) is 0 Å². The lowest BCUT2D eigenvalue weighted by atomic mass is 10.1. The second-order valence-electron chi connectivity index (χ2n) is 4.22. The zero-order chi connectivity index (χ0) is 14.3. The zero-order valence-electron chi connectivity index (χ0n) is 11.6. The minimum absolute atomic E-state index is 0.0243. The van der Waals surface area contributed by atoms with Crippen LogP contribution in [0.5, 0.6) is 11.5 Å². The fourth-order valence-electron chi connectivity index (χ4n) is 1.71. The maximum absolute atomic E-state index is 11.8. The number of hydrogen-bond acceptors (Lipinski definition) is 3. The Kier molecular flexibility index (Phi) is 6.70. The molecule has 1 aromatic rings. The standard InChI is InChI=1S/C14H20BrNO3/c1-10-8-12(18-2)13(19-3)9-11(10)16-14(17)6-4-5-7-15/h8-9H,4-7H2,1-3H3,(H,16,17). The minimum Gasteiger partial charge on any atom is -0.493 e. The third-order valence-corrected chi connectivity index (χ3v) is 3.35. The number of amides is 1. The van der Waals surface area contributed by atoms with Crippen LogP contribution >= 0.6 is 15.9 Å². The molecular weight excluding hydrogens is 310 g/mol. The molecule has 1 amide bonds. The third-order valence-electron chi connectivity index (χ3n) is 2.79. The summed E-state index contributed by atoms with van der Waals surface area (Å²) in [6, 6.07) is 3.64. The van der Waals surface area contributed by atoms with E-state index in [9.17, 15) is 4.79 Å². The number of halogens is 1. The average molecular weight is 330 g/mol. The van der Waals surface area contributed by atoms with E-state index in [-0.39, 0.29) is 5.91 Å². The summed E-state index contributed by atoms with van der Waals surface area (Å²) < 4.78 is 10.4. The first-order valence-electron chi connectivity index (χ1n) is 6.20. The Morgan fingerprint density at radius 1 is 1.21 bits per heavy atom. The van der Waals surface area contributed by atoms with Crippen LogP contribution in [-0.2, 0) is 4.79 Å². The van der Waals surface area contributed by atoms with Gasteiger partial charge < -0.3 is 14.8 Å². The summed E-state index contributed by atoms with van der Waals surface area (Å²) in [7, 11) is 3.17. The molecule has 0 fully saturated rings. The van der Waals surface area contributed by atoms with Crippen molar-refractivity contribution in [1.29, 1.82) is 0 Å². The Morgan fingerprint density at radius 3 is 2.42 bits per heavy atom. The van der Waals surface area contributed by atoms with Gasteiger partial charge in [0.15, 0.2) is 11.5 Å². The molecule has 0 saturated carbocycles. The maximum Gasteiger partial charge on any atom is 0.224 e. The summed E-state index contributed by atoms with van der Waals surface area (Å²) in [6.45, 7) is 1.93. The van der Waals surface area contributed by atoms with Crippen LogP contribution < -0.4 is 14.8 Å². The highest BCUT2D eigenvalue weighted by atomic mass is 79.9. The van der Waals surface area contributed by atoms with Crippen molar-refractivity contribution < 1.29 is 14.3 Å². The average Bonchev–Trinajstić information content (AvgIpc) is 2.40. The van der Waals surface area contributed by atoms with Gasteiger partial charge in [-0.2, -0.15) is 0 Å². The van der Waals surface area contributed by atoms with Crippen LogP contribution in [0.4, 0.5) is 5.69 Å². The number of hydrogen-bond donors (Lipinski definition) is 1. The van der Waals surface area contributed by atoms with Crippen molar-refractivity contribution in [3.05, 3.63) is 17.7 Å². The van der Waals surface area contributed by atoms with Gasteiger partial charge in [0.1, 0.15) is 0 Å². The molecule has 19 heavy (non-hydrogen) atoms. The molecule has 1 N–H and O–H groups in total. The number of carbonyl (C=O) groups excluding carboxylic acids is 1. The fraction of sp³-hybridized carbons (Fsp3) is 0.500. The minimum atomic E-state index is 0.0243.